The summed E-state index contributed by atoms with van der Waals surface area (Å²) in [5.41, 5.74) is 4.27. The Hall–Kier alpha value is -2.24. The summed E-state index contributed by atoms with van der Waals surface area (Å²) in [7, 11) is 2.05. The summed E-state index contributed by atoms with van der Waals surface area (Å²) in [5, 5.41) is 4.19. The molecule has 2 atom stereocenters. The van der Waals surface area contributed by atoms with Crippen molar-refractivity contribution in [2.45, 2.75) is 33.2 Å². The van der Waals surface area contributed by atoms with Crippen LogP contribution < -0.4 is 10.2 Å². The van der Waals surface area contributed by atoms with Crippen LogP contribution in [0.25, 0.3) is 10.2 Å². The number of carbonyl (C=O) groups excluding carboxylic acids is 1. The van der Waals surface area contributed by atoms with Crippen molar-refractivity contribution < 1.29 is 9.69 Å². The maximum absolute atomic E-state index is 12.6. The van der Waals surface area contributed by atoms with Gasteiger partial charge in [0, 0.05) is 5.69 Å². The number of amides is 1. The van der Waals surface area contributed by atoms with Crippen molar-refractivity contribution >= 4 is 33.1 Å². The molecule has 3 rings (SSSR count). The highest BCUT2D eigenvalue weighted by molar-refractivity contribution is 7.18. The van der Waals surface area contributed by atoms with Crippen LogP contribution in [0.3, 0.4) is 0 Å². The van der Waals surface area contributed by atoms with Crippen molar-refractivity contribution in [3.05, 3.63) is 58.6 Å². The van der Waals surface area contributed by atoms with Gasteiger partial charge in [-0.05, 0) is 43.5 Å². The molecule has 1 heterocycles. The van der Waals surface area contributed by atoms with Gasteiger partial charge < -0.3 is 10.2 Å². The first-order valence-electron chi connectivity index (χ1n) is 9.05. The molecule has 26 heavy (non-hydrogen) atoms. The Morgan fingerprint density at radius 2 is 2.00 bits per heavy atom. The fourth-order valence-corrected chi connectivity index (χ4v) is 4.19. The first-order valence-corrected chi connectivity index (χ1v) is 9.87. The van der Waals surface area contributed by atoms with Crippen LogP contribution in [-0.4, -0.2) is 24.5 Å². The van der Waals surface area contributed by atoms with Crippen LogP contribution in [0.15, 0.2) is 42.5 Å². The van der Waals surface area contributed by atoms with Crippen LogP contribution >= 0.6 is 11.3 Å². The summed E-state index contributed by atoms with van der Waals surface area (Å²) < 4.78 is 1.19. The van der Waals surface area contributed by atoms with Crippen molar-refractivity contribution in [1.29, 1.82) is 0 Å². The predicted octanol–water partition coefficient (Wildman–Crippen LogP) is 3.38. The maximum atomic E-state index is 12.6. The maximum Gasteiger partial charge on any atom is 0.279 e. The van der Waals surface area contributed by atoms with E-state index in [0.29, 0.717) is 6.54 Å². The summed E-state index contributed by atoms with van der Waals surface area (Å²) in [4.78, 5) is 18.5. The molecule has 5 heteroatoms. The van der Waals surface area contributed by atoms with Crippen molar-refractivity contribution in [2.75, 3.05) is 18.9 Å². The highest BCUT2D eigenvalue weighted by atomic mass is 32.1. The van der Waals surface area contributed by atoms with Crippen molar-refractivity contribution in [2.24, 2.45) is 0 Å². The second-order valence-electron chi connectivity index (χ2n) is 6.78. The van der Waals surface area contributed by atoms with Gasteiger partial charge in [-0.2, -0.15) is 0 Å². The van der Waals surface area contributed by atoms with E-state index in [-0.39, 0.29) is 11.9 Å². The van der Waals surface area contributed by atoms with Gasteiger partial charge in [-0.3, -0.25) is 4.79 Å². The standard InChI is InChI=1S/C21H25N3OS/c1-5-16-10-8-9-14(2)20(16)23-19(25)13-24(4)15(3)21-22-17-11-6-7-12-18(17)26-21/h6-12,15H,5,13H2,1-4H3,(H,23,25)/p+1/t15-/m0/s1. The van der Waals surface area contributed by atoms with Crippen molar-refractivity contribution in [3.8, 4) is 0 Å². The molecule has 2 N–H and O–H groups in total. The van der Waals surface area contributed by atoms with E-state index in [4.69, 9.17) is 4.98 Å². The molecular weight excluding hydrogens is 342 g/mol. The lowest BCUT2D eigenvalue weighted by atomic mass is 10.1. The molecule has 0 fully saturated rings. The van der Waals surface area contributed by atoms with E-state index in [2.05, 4.69) is 38.3 Å². The summed E-state index contributed by atoms with van der Waals surface area (Å²) >= 11 is 1.71. The number of aromatic nitrogens is 1. The number of fused-ring (bicyclic) bond motifs is 1. The molecular formula is C21H26N3OS+. The second kappa shape index (κ2) is 7.98. The number of benzene rings is 2. The van der Waals surface area contributed by atoms with E-state index in [1.54, 1.807) is 11.3 Å². The van der Waals surface area contributed by atoms with E-state index in [1.807, 2.05) is 37.3 Å². The average molecular weight is 369 g/mol. The fourth-order valence-electron chi connectivity index (χ4n) is 3.08. The SMILES string of the molecule is CCc1cccc(C)c1NC(=O)C[NH+](C)[C@@H](C)c1nc2ccccc2s1. The number of hydrogen-bond donors (Lipinski definition) is 2. The molecule has 1 amide bonds. The van der Waals surface area contributed by atoms with E-state index in [9.17, 15) is 4.79 Å². The third-order valence-electron chi connectivity index (χ3n) is 4.86. The smallest absolute Gasteiger partial charge is 0.279 e. The molecule has 0 aliphatic carbocycles. The van der Waals surface area contributed by atoms with Gasteiger partial charge in [0.2, 0.25) is 0 Å². The minimum atomic E-state index is 0.0412. The summed E-state index contributed by atoms with van der Waals surface area (Å²) in [5.74, 6) is 0.0412. The topological polar surface area (TPSA) is 46.4 Å². The van der Waals surface area contributed by atoms with E-state index in [1.165, 1.54) is 10.3 Å². The van der Waals surface area contributed by atoms with Gasteiger partial charge in [0.05, 0.1) is 17.3 Å². The van der Waals surface area contributed by atoms with Gasteiger partial charge >= 0.3 is 0 Å². The number of aryl methyl sites for hydroxylation is 2. The molecule has 0 aliphatic heterocycles. The van der Waals surface area contributed by atoms with Gasteiger partial charge in [-0.1, -0.05) is 37.3 Å². The lowest BCUT2D eigenvalue weighted by molar-refractivity contribution is -0.902. The number of hydrogen-bond acceptors (Lipinski definition) is 3. The molecule has 0 saturated carbocycles. The monoisotopic (exact) mass is 368 g/mol. The van der Waals surface area contributed by atoms with Crippen LogP contribution in [0.1, 0.15) is 36.0 Å². The van der Waals surface area contributed by atoms with Gasteiger partial charge in [0.1, 0.15) is 6.04 Å². The van der Waals surface area contributed by atoms with Gasteiger partial charge in [0.25, 0.3) is 5.91 Å². The Bertz CT molecular complexity index is 886. The zero-order valence-electron chi connectivity index (χ0n) is 15.8. The number of carbonyl (C=O) groups is 1. The molecule has 2 aromatic carbocycles. The lowest BCUT2D eigenvalue weighted by Crippen LogP contribution is -3.10. The van der Waals surface area contributed by atoms with Crippen LogP contribution in [0, 0.1) is 6.92 Å². The molecule has 136 valence electrons. The molecule has 0 saturated heterocycles. The Kier molecular flexibility index (Phi) is 5.69. The minimum Gasteiger partial charge on any atom is -0.322 e. The molecule has 1 aromatic heterocycles. The normalized spacial score (nSPS) is 13.5. The molecule has 3 aromatic rings. The highest BCUT2D eigenvalue weighted by Crippen LogP contribution is 2.25. The molecule has 0 radical (unpaired) electrons. The van der Waals surface area contributed by atoms with Crippen LogP contribution in [0.4, 0.5) is 5.69 Å². The number of nitrogens with one attached hydrogen (secondary N) is 2. The van der Waals surface area contributed by atoms with Crippen LogP contribution in [-0.2, 0) is 11.2 Å². The number of likely N-dealkylation sites (N-methyl/N-ethyl adjacent to an activating group) is 1. The zero-order valence-corrected chi connectivity index (χ0v) is 16.6. The third kappa shape index (κ3) is 3.94. The number of rotatable bonds is 6. The number of thiazole rings is 1. The van der Waals surface area contributed by atoms with Crippen molar-refractivity contribution in [3.63, 3.8) is 0 Å². The fraction of sp³-hybridized carbons (Fsp3) is 0.333. The summed E-state index contributed by atoms with van der Waals surface area (Å²) in [6.45, 7) is 6.69. The van der Waals surface area contributed by atoms with E-state index < -0.39 is 0 Å². The van der Waals surface area contributed by atoms with Gasteiger partial charge in [-0.25, -0.2) is 4.98 Å². The average Bonchev–Trinajstić information content (AvgIpc) is 3.06. The Morgan fingerprint density at radius 3 is 2.73 bits per heavy atom. The quantitative estimate of drug-likeness (QED) is 0.701. The molecule has 4 nitrogen and oxygen atoms in total. The van der Waals surface area contributed by atoms with E-state index in [0.717, 1.165) is 33.1 Å². The molecule has 0 bridgehead atoms. The number of anilines is 1. The summed E-state index contributed by atoms with van der Waals surface area (Å²) in [6, 6.07) is 14.5. The molecule has 0 spiro atoms. The zero-order chi connectivity index (χ0) is 18.7. The molecule has 0 aliphatic rings. The van der Waals surface area contributed by atoms with Crippen LogP contribution in [0.2, 0.25) is 0 Å². The summed E-state index contributed by atoms with van der Waals surface area (Å²) in [6.07, 6.45) is 0.905. The van der Waals surface area contributed by atoms with Crippen LogP contribution in [0.5, 0.6) is 0 Å². The first kappa shape index (κ1) is 18.5. The largest absolute Gasteiger partial charge is 0.322 e. The number of nitrogens with zero attached hydrogens (tertiary/aromatic N) is 1. The second-order valence-corrected chi connectivity index (χ2v) is 7.84. The Labute approximate surface area is 158 Å². The molecule has 1 unspecified atom stereocenters. The minimum absolute atomic E-state index is 0.0412. The Morgan fingerprint density at radius 1 is 1.23 bits per heavy atom. The third-order valence-corrected chi connectivity index (χ3v) is 6.08. The lowest BCUT2D eigenvalue weighted by Gasteiger charge is -2.20. The number of para-hydroxylation sites is 2. The Balaban J connectivity index is 1.69. The number of quaternary nitrogens is 1. The predicted molar refractivity (Wildman–Crippen MR) is 109 cm³/mol. The van der Waals surface area contributed by atoms with E-state index >= 15 is 0 Å². The van der Waals surface area contributed by atoms with Crippen molar-refractivity contribution in [1.82, 2.24) is 4.98 Å². The van der Waals surface area contributed by atoms with Gasteiger partial charge in [0.15, 0.2) is 11.6 Å². The first-order chi connectivity index (χ1) is 12.5. The highest BCUT2D eigenvalue weighted by Gasteiger charge is 2.22. The van der Waals surface area contributed by atoms with Gasteiger partial charge in [-0.15, -0.1) is 11.3 Å².